The highest BCUT2D eigenvalue weighted by Crippen LogP contribution is 2.12. The van der Waals surface area contributed by atoms with E-state index in [0.717, 1.165) is 22.5 Å². The van der Waals surface area contributed by atoms with Crippen molar-refractivity contribution in [2.45, 2.75) is 6.92 Å². The minimum absolute atomic E-state index is 0.732. The molecule has 0 saturated carbocycles. The molecule has 6 nitrogen and oxygen atoms in total. The van der Waals surface area contributed by atoms with Gasteiger partial charge in [0.25, 0.3) is 0 Å². The Kier molecular flexibility index (Phi) is 1.02. The molecule has 0 fully saturated rings. The summed E-state index contributed by atoms with van der Waals surface area (Å²) in [5.41, 5.74) is 1.52. The molecule has 0 aliphatic rings. The Morgan fingerprint density at radius 1 is 1.46 bits per heavy atom. The molecule has 0 spiro atoms. The summed E-state index contributed by atoms with van der Waals surface area (Å²) in [5.74, 6) is 0.732. The molecule has 0 saturated heterocycles. The monoisotopic (exact) mass is 174 g/mol. The number of hydrogen-bond acceptors (Lipinski definition) is 4. The van der Waals surface area contributed by atoms with Gasteiger partial charge in [-0.25, -0.2) is 14.5 Å². The second kappa shape index (κ2) is 2.03. The number of aromatic amines is 1. The van der Waals surface area contributed by atoms with Crippen LogP contribution in [0.25, 0.3) is 16.7 Å². The molecule has 3 heterocycles. The summed E-state index contributed by atoms with van der Waals surface area (Å²) in [5, 5.41) is 11.7. The lowest BCUT2D eigenvalue weighted by Crippen LogP contribution is -1.89. The number of H-pyrrole nitrogens is 1. The van der Waals surface area contributed by atoms with Crippen molar-refractivity contribution in [2.24, 2.45) is 0 Å². The molecule has 0 aliphatic heterocycles. The lowest BCUT2D eigenvalue weighted by molar-refractivity contribution is 0.906. The first-order valence-electron chi connectivity index (χ1n) is 3.85. The van der Waals surface area contributed by atoms with Crippen LogP contribution in [0.3, 0.4) is 0 Å². The maximum atomic E-state index is 4.27. The summed E-state index contributed by atoms with van der Waals surface area (Å²) in [6.45, 7) is 1.85. The van der Waals surface area contributed by atoms with Crippen molar-refractivity contribution < 1.29 is 0 Å². The smallest absolute Gasteiger partial charge is 0.170 e. The third-order valence-electron chi connectivity index (χ3n) is 1.89. The van der Waals surface area contributed by atoms with Gasteiger partial charge in [0, 0.05) is 0 Å². The van der Waals surface area contributed by atoms with Gasteiger partial charge in [-0.15, -0.1) is 0 Å². The molecule has 3 rings (SSSR count). The molecule has 0 unspecified atom stereocenters. The maximum absolute atomic E-state index is 4.27. The highest BCUT2D eigenvalue weighted by atomic mass is 15.3. The highest BCUT2D eigenvalue weighted by molar-refractivity contribution is 5.87. The minimum Gasteiger partial charge on any atom is -0.261 e. The summed E-state index contributed by atoms with van der Waals surface area (Å²) in [7, 11) is 0. The van der Waals surface area contributed by atoms with E-state index in [1.807, 2.05) is 6.92 Å². The predicted molar refractivity (Wildman–Crippen MR) is 45.2 cm³/mol. The van der Waals surface area contributed by atoms with Crippen molar-refractivity contribution in [1.29, 1.82) is 0 Å². The van der Waals surface area contributed by atoms with Gasteiger partial charge >= 0.3 is 0 Å². The quantitative estimate of drug-likeness (QED) is 0.532. The molecule has 64 valence electrons. The Morgan fingerprint density at radius 2 is 2.38 bits per heavy atom. The van der Waals surface area contributed by atoms with E-state index in [9.17, 15) is 0 Å². The fourth-order valence-electron chi connectivity index (χ4n) is 1.35. The van der Waals surface area contributed by atoms with Gasteiger partial charge in [-0.05, 0) is 6.92 Å². The normalized spacial score (nSPS) is 11.5. The van der Waals surface area contributed by atoms with Gasteiger partial charge in [0.2, 0.25) is 0 Å². The zero-order valence-electron chi connectivity index (χ0n) is 6.89. The number of aromatic nitrogens is 6. The highest BCUT2D eigenvalue weighted by Gasteiger charge is 2.06. The Morgan fingerprint density at radius 3 is 3.31 bits per heavy atom. The summed E-state index contributed by atoms with van der Waals surface area (Å²) in [6, 6.07) is 0. The zero-order valence-corrected chi connectivity index (χ0v) is 6.89. The van der Waals surface area contributed by atoms with E-state index in [1.54, 1.807) is 17.0 Å². The van der Waals surface area contributed by atoms with Crippen LogP contribution in [0.15, 0.2) is 12.5 Å². The zero-order chi connectivity index (χ0) is 8.84. The van der Waals surface area contributed by atoms with Gasteiger partial charge in [0.15, 0.2) is 11.3 Å². The molecule has 0 aromatic carbocycles. The summed E-state index contributed by atoms with van der Waals surface area (Å²) in [6.07, 6.45) is 3.32. The summed E-state index contributed by atoms with van der Waals surface area (Å²) < 4.78 is 1.65. The van der Waals surface area contributed by atoms with Gasteiger partial charge < -0.3 is 0 Å². The SMILES string of the molecule is Cc1nc2c3cn[nH]c3ncn2n1. The van der Waals surface area contributed by atoms with E-state index in [4.69, 9.17) is 0 Å². The van der Waals surface area contributed by atoms with Crippen LogP contribution in [0.5, 0.6) is 0 Å². The Balaban J connectivity index is 2.64. The number of rotatable bonds is 0. The number of aryl methyl sites for hydroxylation is 1. The van der Waals surface area contributed by atoms with Crippen LogP contribution in [0.1, 0.15) is 5.82 Å². The van der Waals surface area contributed by atoms with E-state index in [1.165, 1.54) is 0 Å². The molecule has 13 heavy (non-hydrogen) atoms. The molecule has 0 radical (unpaired) electrons. The van der Waals surface area contributed by atoms with Gasteiger partial charge in [-0.2, -0.15) is 10.2 Å². The van der Waals surface area contributed by atoms with Crippen molar-refractivity contribution in [3.05, 3.63) is 18.3 Å². The second-order valence-corrected chi connectivity index (χ2v) is 2.80. The van der Waals surface area contributed by atoms with E-state index in [-0.39, 0.29) is 0 Å². The molecule has 3 aromatic rings. The minimum atomic E-state index is 0.732. The van der Waals surface area contributed by atoms with E-state index in [0.29, 0.717) is 0 Å². The topological polar surface area (TPSA) is 71.8 Å². The maximum Gasteiger partial charge on any atom is 0.170 e. The third-order valence-corrected chi connectivity index (χ3v) is 1.89. The van der Waals surface area contributed by atoms with Crippen molar-refractivity contribution >= 4 is 16.7 Å². The lowest BCUT2D eigenvalue weighted by atomic mass is 10.4. The van der Waals surface area contributed by atoms with Crippen LogP contribution >= 0.6 is 0 Å². The van der Waals surface area contributed by atoms with Gasteiger partial charge in [-0.3, -0.25) is 5.10 Å². The van der Waals surface area contributed by atoms with E-state index in [2.05, 4.69) is 25.3 Å². The average Bonchev–Trinajstić information content (AvgIpc) is 2.65. The van der Waals surface area contributed by atoms with Gasteiger partial charge in [0.1, 0.15) is 12.2 Å². The second-order valence-electron chi connectivity index (χ2n) is 2.80. The predicted octanol–water partition coefficient (Wildman–Crippen LogP) is 0.309. The first-order chi connectivity index (χ1) is 6.34. The van der Waals surface area contributed by atoms with E-state index >= 15 is 0 Å². The number of fused-ring (bicyclic) bond motifs is 3. The molecular weight excluding hydrogens is 168 g/mol. The molecule has 0 amide bonds. The standard InChI is InChI=1S/C7H6N6/c1-4-10-7-5-2-9-11-6(5)8-3-13(7)12-4/h2-3H,1H3,(H,9,11). The molecule has 3 aromatic heterocycles. The van der Waals surface area contributed by atoms with Gasteiger partial charge in [-0.1, -0.05) is 0 Å². The molecule has 0 atom stereocenters. The number of nitrogens with zero attached hydrogens (tertiary/aromatic N) is 5. The molecule has 0 bridgehead atoms. The molecule has 6 heteroatoms. The van der Waals surface area contributed by atoms with Crippen LogP contribution in [-0.4, -0.2) is 29.8 Å². The van der Waals surface area contributed by atoms with E-state index < -0.39 is 0 Å². The first kappa shape index (κ1) is 6.53. The van der Waals surface area contributed by atoms with Gasteiger partial charge in [0.05, 0.1) is 11.6 Å². The Hall–Kier alpha value is -1.98. The van der Waals surface area contributed by atoms with Crippen LogP contribution in [0.4, 0.5) is 0 Å². The largest absolute Gasteiger partial charge is 0.261 e. The van der Waals surface area contributed by atoms with Crippen LogP contribution < -0.4 is 0 Å². The average molecular weight is 174 g/mol. The number of nitrogens with one attached hydrogen (secondary N) is 1. The third kappa shape index (κ3) is 0.765. The fraction of sp³-hybridized carbons (Fsp3) is 0.143. The molecule has 0 aliphatic carbocycles. The van der Waals surface area contributed by atoms with Crippen molar-refractivity contribution in [3.8, 4) is 0 Å². The Labute approximate surface area is 72.6 Å². The summed E-state index contributed by atoms with van der Waals surface area (Å²) >= 11 is 0. The van der Waals surface area contributed by atoms with Crippen molar-refractivity contribution in [3.63, 3.8) is 0 Å². The molecule has 1 N–H and O–H groups in total. The van der Waals surface area contributed by atoms with Crippen LogP contribution in [0.2, 0.25) is 0 Å². The molecular formula is C7H6N6. The summed E-state index contributed by atoms with van der Waals surface area (Å²) in [4.78, 5) is 8.39. The van der Waals surface area contributed by atoms with Crippen LogP contribution in [0, 0.1) is 6.92 Å². The van der Waals surface area contributed by atoms with Crippen molar-refractivity contribution in [1.82, 2.24) is 29.8 Å². The van der Waals surface area contributed by atoms with Crippen molar-refractivity contribution in [2.75, 3.05) is 0 Å². The fourth-order valence-corrected chi connectivity index (χ4v) is 1.35. The first-order valence-corrected chi connectivity index (χ1v) is 3.85. The number of hydrogen-bond donors (Lipinski definition) is 1. The Bertz CT molecular complexity index is 577. The lowest BCUT2D eigenvalue weighted by Gasteiger charge is -1.89. The van der Waals surface area contributed by atoms with Crippen LogP contribution in [-0.2, 0) is 0 Å².